The lowest BCUT2D eigenvalue weighted by Crippen LogP contribution is -2.07. The van der Waals surface area contributed by atoms with E-state index < -0.39 is 5.97 Å². The van der Waals surface area contributed by atoms with Crippen molar-refractivity contribution in [3.05, 3.63) is 23.0 Å². The smallest absolute Gasteiger partial charge is 0.339 e. The fraction of sp³-hybridized carbons (Fsp3) is 0.333. The first-order chi connectivity index (χ1) is 6.06. The van der Waals surface area contributed by atoms with Gasteiger partial charge in [0.2, 0.25) is 0 Å². The van der Waals surface area contributed by atoms with E-state index in [1.807, 2.05) is 0 Å². The van der Waals surface area contributed by atoms with Gasteiger partial charge in [-0.25, -0.2) is 4.79 Å². The average molecular weight is 180 g/mol. The molecule has 1 heterocycles. The number of carbonyl (C=O) groups excluding carboxylic acids is 1. The van der Waals surface area contributed by atoms with Crippen molar-refractivity contribution < 1.29 is 9.53 Å². The number of nitrogen functional groups attached to an aromatic ring is 1. The van der Waals surface area contributed by atoms with Gasteiger partial charge in [0.25, 0.3) is 0 Å². The van der Waals surface area contributed by atoms with Crippen LogP contribution in [0.25, 0.3) is 0 Å². The molecule has 1 rings (SSSR count). The van der Waals surface area contributed by atoms with Crippen molar-refractivity contribution in [2.45, 2.75) is 13.8 Å². The van der Waals surface area contributed by atoms with Crippen LogP contribution in [0.2, 0.25) is 0 Å². The van der Waals surface area contributed by atoms with E-state index in [-0.39, 0.29) is 0 Å². The van der Waals surface area contributed by atoms with E-state index in [4.69, 9.17) is 5.73 Å². The molecule has 2 N–H and O–H groups in total. The van der Waals surface area contributed by atoms with Crippen LogP contribution in [-0.4, -0.2) is 18.1 Å². The minimum atomic E-state index is -0.406. The Balaban J connectivity index is 3.23. The van der Waals surface area contributed by atoms with Crippen molar-refractivity contribution in [1.29, 1.82) is 0 Å². The molecule has 0 aromatic carbocycles. The van der Waals surface area contributed by atoms with Gasteiger partial charge in [0.15, 0.2) is 0 Å². The SMILES string of the molecule is COC(=O)c1cc(N)c(C)nc1C. The molecule has 13 heavy (non-hydrogen) atoms. The maximum atomic E-state index is 11.2. The highest BCUT2D eigenvalue weighted by atomic mass is 16.5. The Morgan fingerprint density at radius 2 is 2.08 bits per heavy atom. The Morgan fingerprint density at radius 1 is 1.46 bits per heavy atom. The highest BCUT2D eigenvalue weighted by Crippen LogP contribution is 2.14. The summed E-state index contributed by atoms with van der Waals surface area (Å²) in [6, 6.07) is 1.59. The van der Waals surface area contributed by atoms with Gasteiger partial charge in [-0.1, -0.05) is 0 Å². The number of anilines is 1. The third-order valence-corrected chi connectivity index (χ3v) is 1.85. The summed E-state index contributed by atoms with van der Waals surface area (Å²) in [5, 5.41) is 0. The molecule has 0 fully saturated rings. The highest BCUT2D eigenvalue weighted by molar-refractivity contribution is 5.91. The summed E-state index contributed by atoms with van der Waals surface area (Å²) in [6.45, 7) is 3.54. The summed E-state index contributed by atoms with van der Waals surface area (Å²) in [7, 11) is 1.33. The van der Waals surface area contributed by atoms with Gasteiger partial charge in [-0.05, 0) is 19.9 Å². The van der Waals surface area contributed by atoms with Gasteiger partial charge in [-0.3, -0.25) is 4.98 Å². The van der Waals surface area contributed by atoms with E-state index in [1.54, 1.807) is 19.9 Å². The second kappa shape index (κ2) is 3.43. The molecule has 0 unspecified atom stereocenters. The van der Waals surface area contributed by atoms with Crippen LogP contribution in [0.4, 0.5) is 5.69 Å². The number of rotatable bonds is 1. The second-order valence-corrected chi connectivity index (χ2v) is 2.79. The molecule has 0 aliphatic carbocycles. The van der Waals surface area contributed by atoms with Gasteiger partial charge in [0.1, 0.15) is 0 Å². The predicted molar refractivity (Wildman–Crippen MR) is 49.5 cm³/mol. The number of hydrogen-bond donors (Lipinski definition) is 1. The van der Waals surface area contributed by atoms with Gasteiger partial charge >= 0.3 is 5.97 Å². The molecule has 0 saturated heterocycles. The van der Waals surface area contributed by atoms with Crippen LogP contribution < -0.4 is 5.73 Å². The summed E-state index contributed by atoms with van der Waals surface area (Å²) in [6.07, 6.45) is 0. The molecule has 4 nitrogen and oxygen atoms in total. The number of methoxy groups -OCH3 is 1. The molecule has 0 aliphatic heterocycles. The van der Waals surface area contributed by atoms with Crippen molar-refractivity contribution >= 4 is 11.7 Å². The molecule has 0 atom stereocenters. The van der Waals surface area contributed by atoms with Gasteiger partial charge in [-0.2, -0.15) is 0 Å². The summed E-state index contributed by atoms with van der Waals surface area (Å²) in [4.78, 5) is 15.3. The molecule has 0 spiro atoms. The third-order valence-electron chi connectivity index (χ3n) is 1.85. The first-order valence-electron chi connectivity index (χ1n) is 3.88. The monoisotopic (exact) mass is 180 g/mol. The Morgan fingerprint density at radius 3 is 2.62 bits per heavy atom. The first-order valence-corrected chi connectivity index (χ1v) is 3.88. The Hall–Kier alpha value is -1.58. The fourth-order valence-corrected chi connectivity index (χ4v) is 1.06. The molecular weight excluding hydrogens is 168 g/mol. The maximum absolute atomic E-state index is 11.2. The van der Waals surface area contributed by atoms with E-state index in [0.29, 0.717) is 16.9 Å². The van der Waals surface area contributed by atoms with Crippen molar-refractivity contribution in [3.8, 4) is 0 Å². The number of pyridine rings is 1. The quantitative estimate of drug-likeness (QED) is 0.656. The fourth-order valence-electron chi connectivity index (χ4n) is 1.06. The Kier molecular flexibility index (Phi) is 2.51. The molecule has 1 aromatic rings. The van der Waals surface area contributed by atoms with Crippen LogP contribution >= 0.6 is 0 Å². The number of hydrogen-bond acceptors (Lipinski definition) is 4. The number of aryl methyl sites for hydroxylation is 2. The topological polar surface area (TPSA) is 65.2 Å². The first kappa shape index (κ1) is 9.51. The minimum absolute atomic E-state index is 0.406. The zero-order valence-corrected chi connectivity index (χ0v) is 7.92. The molecule has 0 bridgehead atoms. The number of ether oxygens (including phenoxy) is 1. The minimum Gasteiger partial charge on any atom is -0.465 e. The van der Waals surface area contributed by atoms with Crippen molar-refractivity contribution in [2.75, 3.05) is 12.8 Å². The lowest BCUT2D eigenvalue weighted by molar-refractivity contribution is 0.0599. The van der Waals surface area contributed by atoms with Crippen molar-refractivity contribution in [3.63, 3.8) is 0 Å². The number of carbonyl (C=O) groups is 1. The lowest BCUT2D eigenvalue weighted by atomic mass is 10.1. The molecule has 0 saturated carbocycles. The largest absolute Gasteiger partial charge is 0.465 e. The average Bonchev–Trinajstić information content (AvgIpc) is 2.10. The number of nitrogens with zero attached hydrogens (tertiary/aromatic N) is 1. The van der Waals surface area contributed by atoms with Gasteiger partial charge in [-0.15, -0.1) is 0 Å². The molecule has 1 aromatic heterocycles. The van der Waals surface area contributed by atoms with E-state index in [0.717, 1.165) is 5.69 Å². The molecule has 70 valence electrons. The van der Waals surface area contributed by atoms with Crippen LogP contribution in [0.15, 0.2) is 6.07 Å². The predicted octanol–water partition coefficient (Wildman–Crippen LogP) is 1.07. The van der Waals surface area contributed by atoms with E-state index in [1.165, 1.54) is 7.11 Å². The maximum Gasteiger partial charge on any atom is 0.339 e. The lowest BCUT2D eigenvalue weighted by Gasteiger charge is -2.06. The van der Waals surface area contributed by atoms with E-state index >= 15 is 0 Å². The Labute approximate surface area is 76.7 Å². The molecule has 0 radical (unpaired) electrons. The zero-order chi connectivity index (χ0) is 10.0. The third kappa shape index (κ3) is 1.77. The number of aromatic nitrogens is 1. The van der Waals surface area contributed by atoms with Crippen LogP contribution in [0.5, 0.6) is 0 Å². The summed E-state index contributed by atoms with van der Waals surface area (Å²) >= 11 is 0. The summed E-state index contributed by atoms with van der Waals surface area (Å²) in [5.74, 6) is -0.406. The van der Waals surface area contributed by atoms with Crippen molar-refractivity contribution in [1.82, 2.24) is 4.98 Å². The van der Waals surface area contributed by atoms with Gasteiger partial charge < -0.3 is 10.5 Å². The highest BCUT2D eigenvalue weighted by Gasteiger charge is 2.11. The van der Waals surface area contributed by atoms with Gasteiger partial charge in [0.05, 0.1) is 29.7 Å². The summed E-state index contributed by atoms with van der Waals surface area (Å²) < 4.78 is 4.58. The van der Waals surface area contributed by atoms with Gasteiger partial charge in [0, 0.05) is 0 Å². The molecular formula is C9H12N2O2. The number of nitrogens with two attached hydrogens (primary N) is 1. The Bertz CT molecular complexity index is 348. The summed E-state index contributed by atoms with van der Waals surface area (Å²) in [5.41, 5.74) is 7.90. The second-order valence-electron chi connectivity index (χ2n) is 2.79. The normalized spacial score (nSPS) is 9.77. The molecule has 4 heteroatoms. The van der Waals surface area contributed by atoms with Crippen molar-refractivity contribution in [2.24, 2.45) is 0 Å². The standard InChI is InChI=1S/C9H12N2O2/c1-5-7(9(12)13-3)4-8(10)6(2)11-5/h4H,10H2,1-3H3. The van der Waals surface area contributed by atoms with Crippen LogP contribution in [0.3, 0.4) is 0 Å². The molecule has 0 amide bonds. The van der Waals surface area contributed by atoms with Crippen LogP contribution in [0.1, 0.15) is 21.7 Å². The van der Waals surface area contributed by atoms with E-state index in [2.05, 4.69) is 9.72 Å². The van der Waals surface area contributed by atoms with E-state index in [9.17, 15) is 4.79 Å². The molecule has 0 aliphatic rings. The van der Waals surface area contributed by atoms with Crippen LogP contribution in [-0.2, 0) is 4.74 Å². The van der Waals surface area contributed by atoms with Crippen LogP contribution in [0, 0.1) is 13.8 Å². The zero-order valence-electron chi connectivity index (χ0n) is 7.92. The number of esters is 1.